The average molecular weight is 321 g/mol. The van der Waals surface area contributed by atoms with E-state index in [1.807, 2.05) is 5.48 Å². The molecule has 1 heterocycles. The Balaban J connectivity index is 2.36. The maximum atomic E-state index is 12.1. The summed E-state index contributed by atoms with van der Waals surface area (Å²) in [6.45, 7) is -0.172. The highest BCUT2D eigenvalue weighted by molar-refractivity contribution is 7.89. The van der Waals surface area contributed by atoms with Crippen LogP contribution in [0.4, 0.5) is 0 Å². The topological polar surface area (TPSA) is 122 Å². The Morgan fingerprint density at radius 1 is 1.50 bits per heavy atom. The molecule has 0 unspecified atom stereocenters. The zero-order valence-corrected chi connectivity index (χ0v) is 11.4. The Morgan fingerprint density at radius 2 is 2.20 bits per heavy atom. The summed E-state index contributed by atoms with van der Waals surface area (Å²) in [5, 5.41) is 8.70. The third-order valence-corrected chi connectivity index (χ3v) is 4.46. The number of sulfonamides is 1. The van der Waals surface area contributed by atoms with Crippen molar-refractivity contribution in [3.05, 3.63) is 28.8 Å². The van der Waals surface area contributed by atoms with Crippen LogP contribution < -0.4 is 10.2 Å². The fraction of sp³-hybridized carbons (Fsp3) is 0.200. The number of carboxylic acids is 1. The van der Waals surface area contributed by atoms with Crippen molar-refractivity contribution in [3.63, 3.8) is 0 Å². The van der Waals surface area contributed by atoms with Crippen molar-refractivity contribution in [2.24, 2.45) is 0 Å². The summed E-state index contributed by atoms with van der Waals surface area (Å²) in [5.74, 6) is -1.93. The third-order valence-electron chi connectivity index (χ3n) is 2.50. The molecule has 0 aliphatic carbocycles. The predicted molar refractivity (Wildman–Crippen MR) is 66.6 cm³/mol. The molecule has 1 aliphatic heterocycles. The number of carbonyl (C=O) groups excluding carboxylic acids is 1. The monoisotopic (exact) mass is 320 g/mol. The fourth-order valence-electron chi connectivity index (χ4n) is 1.52. The van der Waals surface area contributed by atoms with Crippen molar-refractivity contribution >= 4 is 33.5 Å². The van der Waals surface area contributed by atoms with E-state index in [4.69, 9.17) is 16.7 Å². The number of halogens is 1. The van der Waals surface area contributed by atoms with Gasteiger partial charge in [-0.1, -0.05) is 11.6 Å². The number of carboxylic acid groups (broad SMARTS) is 1. The first-order valence-corrected chi connectivity index (χ1v) is 7.14. The second kappa shape index (κ2) is 5.37. The Kier molecular flexibility index (Phi) is 3.95. The fourth-order valence-corrected chi connectivity index (χ4v) is 3.23. The molecule has 0 bridgehead atoms. The molecule has 10 heteroatoms. The number of rotatable bonds is 4. The summed E-state index contributed by atoms with van der Waals surface area (Å²) in [6.07, 6.45) is 0. The normalized spacial score (nSPS) is 18.9. The molecule has 0 spiro atoms. The Bertz CT molecular complexity index is 674. The number of hydroxylamine groups is 1. The Morgan fingerprint density at radius 3 is 2.75 bits per heavy atom. The van der Waals surface area contributed by atoms with Gasteiger partial charge < -0.3 is 5.11 Å². The van der Waals surface area contributed by atoms with Crippen LogP contribution in [0.5, 0.6) is 0 Å². The van der Waals surface area contributed by atoms with Gasteiger partial charge in [0, 0.05) is 0 Å². The predicted octanol–water partition coefficient (Wildman–Crippen LogP) is -0.254. The van der Waals surface area contributed by atoms with Crippen molar-refractivity contribution in [3.8, 4) is 0 Å². The minimum atomic E-state index is -4.15. The highest BCUT2D eigenvalue weighted by Gasteiger charge is 2.31. The lowest BCUT2D eigenvalue weighted by molar-refractivity contribution is -0.124. The van der Waals surface area contributed by atoms with Gasteiger partial charge in [-0.15, -0.1) is 0 Å². The first-order chi connectivity index (χ1) is 9.31. The molecule has 1 amide bonds. The van der Waals surface area contributed by atoms with Crippen LogP contribution in [-0.4, -0.2) is 38.0 Å². The Labute approximate surface area is 118 Å². The number of carbonyl (C=O) groups is 2. The molecule has 1 fully saturated rings. The molecule has 0 aromatic heterocycles. The standard InChI is InChI=1S/C10H9ClN2O6S/c11-6-2-1-5(10(15)16)3-8(6)20(17,18)13-7-4-19-12-9(7)14/h1-3,7,13H,4H2,(H,12,14)(H,15,16)/t7-/m1/s1. The lowest BCUT2D eigenvalue weighted by Crippen LogP contribution is -2.41. The van der Waals surface area contributed by atoms with E-state index in [9.17, 15) is 18.0 Å². The maximum absolute atomic E-state index is 12.1. The van der Waals surface area contributed by atoms with Crippen LogP contribution in [0.2, 0.25) is 5.02 Å². The zero-order chi connectivity index (χ0) is 14.9. The van der Waals surface area contributed by atoms with E-state index in [0.717, 1.165) is 12.1 Å². The number of nitrogens with one attached hydrogen (secondary N) is 2. The van der Waals surface area contributed by atoms with E-state index >= 15 is 0 Å². The SMILES string of the molecule is O=C(O)c1ccc(Cl)c(S(=O)(=O)N[C@@H]2CONC2=O)c1. The molecule has 1 aromatic rings. The average Bonchev–Trinajstić information content (AvgIpc) is 2.74. The van der Waals surface area contributed by atoms with Gasteiger partial charge in [-0.25, -0.2) is 18.7 Å². The highest BCUT2D eigenvalue weighted by atomic mass is 35.5. The molecule has 0 saturated carbocycles. The van der Waals surface area contributed by atoms with Crippen molar-refractivity contribution < 1.29 is 28.0 Å². The summed E-state index contributed by atoms with van der Waals surface area (Å²) in [5.41, 5.74) is 1.76. The van der Waals surface area contributed by atoms with Crippen LogP contribution >= 0.6 is 11.6 Å². The minimum absolute atomic E-state index is 0.151. The van der Waals surface area contributed by atoms with Gasteiger partial charge in [-0.05, 0) is 18.2 Å². The van der Waals surface area contributed by atoms with Gasteiger partial charge >= 0.3 is 5.97 Å². The van der Waals surface area contributed by atoms with E-state index in [1.165, 1.54) is 6.07 Å². The molecular weight excluding hydrogens is 312 g/mol. The number of hydrogen-bond donors (Lipinski definition) is 3. The van der Waals surface area contributed by atoms with Gasteiger partial charge in [0.15, 0.2) is 0 Å². The van der Waals surface area contributed by atoms with Crippen LogP contribution in [0.25, 0.3) is 0 Å². The molecule has 1 aromatic carbocycles. The second-order valence-corrected chi connectivity index (χ2v) is 5.99. The Hall–Kier alpha value is -1.68. The van der Waals surface area contributed by atoms with Crippen LogP contribution in [0, 0.1) is 0 Å². The lowest BCUT2D eigenvalue weighted by atomic mass is 10.2. The van der Waals surface area contributed by atoms with Gasteiger partial charge in [-0.3, -0.25) is 9.63 Å². The van der Waals surface area contributed by atoms with E-state index in [2.05, 4.69) is 9.56 Å². The summed E-state index contributed by atoms with van der Waals surface area (Å²) in [4.78, 5) is 26.3. The lowest BCUT2D eigenvalue weighted by Gasteiger charge is -2.11. The van der Waals surface area contributed by atoms with Crippen molar-refractivity contribution in [2.45, 2.75) is 10.9 Å². The summed E-state index contributed by atoms with van der Waals surface area (Å²) in [6, 6.07) is 2.16. The van der Waals surface area contributed by atoms with Crippen LogP contribution in [-0.2, 0) is 19.7 Å². The van der Waals surface area contributed by atoms with Gasteiger partial charge in [0.1, 0.15) is 17.5 Å². The van der Waals surface area contributed by atoms with Gasteiger partial charge in [0.25, 0.3) is 5.91 Å². The van der Waals surface area contributed by atoms with Gasteiger partial charge in [0.2, 0.25) is 10.0 Å². The van der Waals surface area contributed by atoms with Crippen molar-refractivity contribution in [2.75, 3.05) is 6.61 Å². The number of benzene rings is 1. The third kappa shape index (κ3) is 2.90. The van der Waals surface area contributed by atoms with Crippen LogP contribution in [0.15, 0.2) is 23.1 Å². The second-order valence-electron chi connectivity index (χ2n) is 3.90. The van der Waals surface area contributed by atoms with E-state index in [0.29, 0.717) is 0 Å². The first kappa shape index (κ1) is 14.7. The molecule has 1 saturated heterocycles. The molecule has 1 aliphatic rings. The van der Waals surface area contributed by atoms with Crippen LogP contribution in [0.3, 0.4) is 0 Å². The smallest absolute Gasteiger partial charge is 0.335 e. The van der Waals surface area contributed by atoms with Crippen LogP contribution in [0.1, 0.15) is 10.4 Å². The number of aromatic carboxylic acids is 1. The largest absolute Gasteiger partial charge is 0.478 e. The van der Waals surface area contributed by atoms with Crippen molar-refractivity contribution in [1.82, 2.24) is 10.2 Å². The van der Waals surface area contributed by atoms with Crippen molar-refractivity contribution in [1.29, 1.82) is 0 Å². The summed E-state index contributed by atoms with van der Waals surface area (Å²) in [7, 11) is -4.15. The maximum Gasteiger partial charge on any atom is 0.335 e. The zero-order valence-electron chi connectivity index (χ0n) is 9.79. The molecule has 108 valence electrons. The molecule has 2 rings (SSSR count). The quantitative estimate of drug-likeness (QED) is 0.703. The molecule has 3 N–H and O–H groups in total. The molecule has 20 heavy (non-hydrogen) atoms. The summed E-state index contributed by atoms with van der Waals surface area (Å²) >= 11 is 5.76. The summed E-state index contributed by atoms with van der Waals surface area (Å²) < 4.78 is 26.3. The number of hydrogen-bond acceptors (Lipinski definition) is 5. The number of amides is 1. The van der Waals surface area contributed by atoms with E-state index in [-0.39, 0.29) is 17.2 Å². The molecule has 8 nitrogen and oxygen atoms in total. The molecule has 1 atom stereocenters. The highest BCUT2D eigenvalue weighted by Crippen LogP contribution is 2.23. The van der Waals surface area contributed by atoms with E-state index in [1.54, 1.807) is 0 Å². The first-order valence-electron chi connectivity index (χ1n) is 5.28. The molecule has 0 radical (unpaired) electrons. The van der Waals surface area contributed by atoms with Gasteiger partial charge in [-0.2, -0.15) is 4.72 Å². The molecular formula is C10H9ClN2O6S. The minimum Gasteiger partial charge on any atom is -0.478 e. The van der Waals surface area contributed by atoms with Gasteiger partial charge in [0.05, 0.1) is 10.6 Å². The van der Waals surface area contributed by atoms with E-state index < -0.39 is 32.8 Å².